The number of benzene rings is 1. The number of H-pyrrole nitrogens is 1. The van der Waals surface area contributed by atoms with Crippen molar-refractivity contribution in [1.82, 2.24) is 15.0 Å². The average Bonchev–Trinajstić information content (AvgIpc) is 3.17. The van der Waals surface area contributed by atoms with Gasteiger partial charge < -0.3 is 14.5 Å². The van der Waals surface area contributed by atoms with Crippen LogP contribution in [0.25, 0.3) is 22.2 Å². The molecule has 29 heavy (non-hydrogen) atoms. The van der Waals surface area contributed by atoms with Crippen LogP contribution in [0.5, 0.6) is 11.5 Å². The average molecular weight is 387 g/mol. The van der Waals surface area contributed by atoms with Gasteiger partial charge >= 0.3 is 0 Å². The predicted octanol–water partition coefficient (Wildman–Crippen LogP) is 4.72. The van der Waals surface area contributed by atoms with Crippen LogP contribution in [0.2, 0.25) is 0 Å². The molecule has 0 aliphatic carbocycles. The first-order chi connectivity index (χ1) is 14.2. The molecule has 0 unspecified atom stereocenters. The normalized spacial score (nSPS) is 10.8. The molecule has 6 nitrogen and oxygen atoms in total. The number of pyridine rings is 2. The van der Waals surface area contributed by atoms with Crippen molar-refractivity contribution in [1.29, 1.82) is 0 Å². The fourth-order valence-corrected chi connectivity index (χ4v) is 3.37. The lowest BCUT2D eigenvalue weighted by molar-refractivity contribution is 0.112. The Hall–Kier alpha value is -3.67. The summed E-state index contributed by atoms with van der Waals surface area (Å²) in [6.45, 7) is 4.70. The van der Waals surface area contributed by atoms with Crippen molar-refractivity contribution in [3.63, 3.8) is 0 Å². The minimum absolute atomic E-state index is 0.334. The maximum Gasteiger partial charge on any atom is 0.168 e. The van der Waals surface area contributed by atoms with Crippen LogP contribution in [0.1, 0.15) is 28.7 Å². The van der Waals surface area contributed by atoms with Crippen LogP contribution in [0.3, 0.4) is 0 Å². The molecule has 1 N–H and O–H groups in total. The molecule has 1 aromatic carbocycles. The van der Waals surface area contributed by atoms with Crippen LogP contribution < -0.4 is 9.47 Å². The Morgan fingerprint density at radius 2 is 1.93 bits per heavy atom. The van der Waals surface area contributed by atoms with E-state index in [-0.39, 0.29) is 0 Å². The number of aldehydes is 1. The highest BCUT2D eigenvalue weighted by atomic mass is 16.5. The highest BCUT2D eigenvalue weighted by Crippen LogP contribution is 2.41. The first-order valence-electron chi connectivity index (χ1n) is 9.44. The number of para-hydroxylation sites is 1. The van der Waals surface area contributed by atoms with Crippen molar-refractivity contribution in [2.45, 2.75) is 20.5 Å². The Bertz CT molecular complexity index is 1170. The predicted molar refractivity (Wildman–Crippen MR) is 111 cm³/mol. The minimum Gasteiger partial charge on any atom is -0.489 e. The third-order valence-electron chi connectivity index (χ3n) is 4.61. The number of fused-ring (bicyclic) bond motifs is 1. The van der Waals surface area contributed by atoms with Gasteiger partial charge in [-0.15, -0.1) is 0 Å². The summed E-state index contributed by atoms with van der Waals surface area (Å²) < 4.78 is 12.0. The van der Waals surface area contributed by atoms with E-state index in [0.29, 0.717) is 35.9 Å². The molecule has 3 heterocycles. The summed E-state index contributed by atoms with van der Waals surface area (Å²) in [4.78, 5) is 23.4. The van der Waals surface area contributed by atoms with E-state index in [1.54, 1.807) is 12.4 Å². The number of aromatic amines is 1. The first kappa shape index (κ1) is 18.7. The second kappa shape index (κ2) is 8.14. The van der Waals surface area contributed by atoms with Gasteiger partial charge in [-0.1, -0.05) is 18.2 Å². The maximum atomic E-state index is 11.5. The lowest BCUT2D eigenvalue weighted by Crippen LogP contribution is -2.03. The van der Waals surface area contributed by atoms with Gasteiger partial charge in [0, 0.05) is 34.6 Å². The number of hydrogen-bond acceptors (Lipinski definition) is 5. The number of nitrogens with one attached hydrogen (secondary N) is 1. The second-order valence-electron chi connectivity index (χ2n) is 6.57. The van der Waals surface area contributed by atoms with Gasteiger partial charge in [0.15, 0.2) is 17.8 Å². The number of carbonyl (C=O) groups excluding carboxylic acids is 1. The van der Waals surface area contributed by atoms with Crippen LogP contribution in [-0.2, 0) is 6.61 Å². The van der Waals surface area contributed by atoms with Gasteiger partial charge in [0.1, 0.15) is 12.3 Å². The summed E-state index contributed by atoms with van der Waals surface area (Å²) in [7, 11) is 0. The molecular formula is C23H21N3O3. The Kier molecular flexibility index (Phi) is 5.24. The third kappa shape index (κ3) is 3.69. The van der Waals surface area contributed by atoms with Crippen LogP contribution >= 0.6 is 0 Å². The third-order valence-corrected chi connectivity index (χ3v) is 4.61. The van der Waals surface area contributed by atoms with E-state index in [1.165, 1.54) is 0 Å². The fourth-order valence-electron chi connectivity index (χ4n) is 3.37. The summed E-state index contributed by atoms with van der Waals surface area (Å²) in [5, 5.41) is 0.765. The molecule has 3 aromatic heterocycles. The van der Waals surface area contributed by atoms with E-state index in [1.807, 2.05) is 56.3 Å². The van der Waals surface area contributed by atoms with Gasteiger partial charge in [0.2, 0.25) is 0 Å². The Morgan fingerprint density at radius 1 is 1.07 bits per heavy atom. The zero-order chi connectivity index (χ0) is 20.2. The summed E-state index contributed by atoms with van der Waals surface area (Å²) in [5.41, 5.74) is 4.71. The molecule has 6 heteroatoms. The molecule has 0 saturated heterocycles. The number of aromatic nitrogens is 3. The van der Waals surface area contributed by atoms with Gasteiger partial charge in [-0.25, -0.2) is 4.98 Å². The first-order valence-corrected chi connectivity index (χ1v) is 9.44. The van der Waals surface area contributed by atoms with E-state index in [2.05, 4.69) is 15.0 Å². The molecule has 0 fully saturated rings. The standard InChI is InChI=1S/C23H21N3O3/c1-3-28-22-19(18-10-11-24-23-21(18)16(13-27)12-25-23)8-5-9-20(22)29-14-17-7-4-6-15(2)26-17/h4-13H,3,14H2,1-2H3,(H,24,25). The van der Waals surface area contributed by atoms with Crippen molar-refractivity contribution in [2.75, 3.05) is 6.61 Å². The Labute approximate surface area is 168 Å². The number of ether oxygens (including phenoxy) is 2. The molecule has 4 rings (SSSR count). The lowest BCUT2D eigenvalue weighted by Gasteiger charge is -2.16. The summed E-state index contributed by atoms with van der Waals surface area (Å²) >= 11 is 0. The molecule has 0 spiro atoms. The summed E-state index contributed by atoms with van der Waals surface area (Å²) in [5.74, 6) is 1.26. The van der Waals surface area contributed by atoms with Gasteiger partial charge in [-0.05, 0) is 43.7 Å². The molecular weight excluding hydrogens is 366 g/mol. The number of aryl methyl sites for hydroxylation is 1. The molecule has 0 radical (unpaired) electrons. The SMILES string of the molecule is CCOc1c(OCc2cccc(C)n2)cccc1-c1ccnc2[nH]cc(C=O)c12. The quantitative estimate of drug-likeness (QED) is 0.464. The number of hydrogen-bond donors (Lipinski definition) is 1. The molecule has 0 aliphatic heterocycles. The van der Waals surface area contributed by atoms with Crippen molar-refractivity contribution in [3.8, 4) is 22.6 Å². The van der Waals surface area contributed by atoms with Crippen molar-refractivity contribution in [2.24, 2.45) is 0 Å². The van der Waals surface area contributed by atoms with Crippen LogP contribution in [0.15, 0.2) is 54.9 Å². The van der Waals surface area contributed by atoms with Gasteiger partial charge in [0.25, 0.3) is 0 Å². The van der Waals surface area contributed by atoms with E-state index in [0.717, 1.165) is 34.2 Å². The Balaban J connectivity index is 1.78. The molecule has 0 aliphatic rings. The van der Waals surface area contributed by atoms with Gasteiger partial charge in [-0.2, -0.15) is 0 Å². The molecule has 0 amide bonds. The fraction of sp³-hybridized carbons (Fsp3) is 0.174. The molecule has 0 saturated carbocycles. The Morgan fingerprint density at radius 3 is 2.72 bits per heavy atom. The topological polar surface area (TPSA) is 77.1 Å². The molecule has 146 valence electrons. The largest absolute Gasteiger partial charge is 0.489 e. The van der Waals surface area contributed by atoms with E-state index in [4.69, 9.17) is 9.47 Å². The van der Waals surface area contributed by atoms with E-state index >= 15 is 0 Å². The zero-order valence-corrected chi connectivity index (χ0v) is 16.3. The van der Waals surface area contributed by atoms with Crippen molar-refractivity contribution < 1.29 is 14.3 Å². The highest BCUT2D eigenvalue weighted by molar-refractivity contribution is 6.05. The van der Waals surface area contributed by atoms with Gasteiger partial charge in [-0.3, -0.25) is 9.78 Å². The maximum absolute atomic E-state index is 11.5. The highest BCUT2D eigenvalue weighted by Gasteiger charge is 2.18. The summed E-state index contributed by atoms with van der Waals surface area (Å²) in [6, 6.07) is 13.5. The van der Waals surface area contributed by atoms with Gasteiger partial charge in [0.05, 0.1) is 12.3 Å². The summed E-state index contributed by atoms with van der Waals surface area (Å²) in [6.07, 6.45) is 4.20. The van der Waals surface area contributed by atoms with Crippen molar-refractivity contribution >= 4 is 17.3 Å². The number of carbonyl (C=O) groups is 1. The van der Waals surface area contributed by atoms with Crippen LogP contribution in [0, 0.1) is 6.92 Å². The molecule has 0 atom stereocenters. The molecule has 4 aromatic rings. The van der Waals surface area contributed by atoms with E-state index in [9.17, 15) is 4.79 Å². The van der Waals surface area contributed by atoms with Crippen LogP contribution in [0.4, 0.5) is 0 Å². The van der Waals surface area contributed by atoms with Crippen LogP contribution in [-0.4, -0.2) is 27.8 Å². The second-order valence-corrected chi connectivity index (χ2v) is 6.57. The number of nitrogens with zero attached hydrogens (tertiary/aromatic N) is 2. The zero-order valence-electron chi connectivity index (χ0n) is 16.3. The monoisotopic (exact) mass is 387 g/mol. The van der Waals surface area contributed by atoms with E-state index < -0.39 is 0 Å². The lowest BCUT2D eigenvalue weighted by atomic mass is 10.00. The molecule has 0 bridgehead atoms. The smallest absolute Gasteiger partial charge is 0.168 e. The minimum atomic E-state index is 0.334. The number of rotatable bonds is 7. The van der Waals surface area contributed by atoms with Crippen molar-refractivity contribution in [3.05, 3.63) is 71.8 Å².